The maximum Gasteiger partial charge on any atom is 0.306 e. The average Bonchev–Trinajstić information content (AvgIpc) is 3.31. The summed E-state index contributed by atoms with van der Waals surface area (Å²) < 4.78 is 5.95. The van der Waals surface area contributed by atoms with Crippen molar-refractivity contribution in [2.24, 2.45) is 0 Å². The smallest absolute Gasteiger partial charge is 0.306 e. The van der Waals surface area contributed by atoms with Gasteiger partial charge < -0.3 is 20.3 Å². The van der Waals surface area contributed by atoms with Crippen molar-refractivity contribution in [3.63, 3.8) is 0 Å². The number of carbonyl (C=O) groups excluding carboxylic acids is 2. The van der Waals surface area contributed by atoms with Gasteiger partial charge in [-0.05, 0) is 70.6 Å². The zero-order valence-corrected chi connectivity index (χ0v) is 43.6. The molecule has 3 N–H and O–H groups in total. The number of hydrogen-bond acceptors (Lipinski definition) is 5. The van der Waals surface area contributed by atoms with Gasteiger partial charge in [0, 0.05) is 6.42 Å². The number of ether oxygens (including phenoxy) is 1. The van der Waals surface area contributed by atoms with Crippen molar-refractivity contribution in [1.82, 2.24) is 5.32 Å². The Morgan fingerprint density at radius 3 is 1.27 bits per heavy atom. The van der Waals surface area contributed by atoms with Crippen LogP contribution in [-0.4, -0.2) is 46.9 Å². The highest BCUT2D eigenvalue weighted by atomic mass is 16.5. The average molecular weight is 923 g/mol. The molecule has 6 heteroatoms. The van der Waals surface area contributed by atoms with Crippen LogP contribution in [-0.2, 0) is 14.3 Å². The second-order valence-electron chi connectivity index (χ2n) is 19.1. The lowest BCUT2D eigenvalue weighted by Gasteiger charge is -2.24. The van der Waals surface area contributed by atoms with E-state index in [1.807, 2.05) is 24.3 Å². The first-order valence-electron chi connectivity index (χ1n) is 28.2. The molecule has 0 spiro atoms. The third-order valence-corrected chi connectivity index (χ3v) is 12.6. The minimum absolute atomic E-state index is 0.0622. The zero-order valence-electron chi connectivity index (χ0n) is 43.6. The van der Waals surface area contributed by atoms with Crippen LogP contribution in [0.1, 0.15) is 271 Å². The topological polar surface area (TPSA) is 95.9 Å². The van der Waals surface area contributed by atoms with Gasteiger partial charge in [0.15, 0.2) is 0 Å². The van der Waals surface area contributed by atoms with Gasteiger partial charge in [-0.25, -0.2) is 0 Å². The van der Waals surface area contributed by atoms with Crippen LogP contribution < -0.4 is 5.32 Å². The van der Waals surface area contributed by atoms with Crippen molar-refractivity contribution in [2.75, 3.05) is 6.61 Å². The van der Waals surface area contributed by atoms with Gasteiger partial charge in [0.05, 0.1) is 25.2 Å². The van der Waals surface area contributed by atoms with E-state index in [0.29, 0.717) is 19.3 Å². The summed E-state index contributed by atoms with van der Waals surface area (Å²) in [6.07, 6.45) is 68.1. The van der Waals surface area contributed by atoms with Crippen molar-refractivity contribution in [1.29, 1.82) is 0 Å². The van der Waals surface area contributed by atoms with Gasteiger partial charge in [-0.1, -0.05) is 261 Å². The SMILES string of the molecule is CCC/C=C/C=C/C=C/C=C/C=C/CCCCCCCC(=O)OC(CCCCCCCCC/C=C/CCCCCCCC)CC(=O)NC(CO)C(O)CCCCCCCCCCCCCC. The predicted molar refractivity (Wildman–Crippen MR) is 287 cm³/mol. The fourth-order valence-electron chi connectivity index (χ4n) is 8.34. The summed E-state index contributed by atoms with van der Waals surface area (Å²) in [5.74, 6) is -0.502. The lowest BCUT2D eigenvalue weighted by Crippen LogP contribution is -2.46. The molecule has 0 heterocycles. The molecular formula is C60H107NO5. The molecule has 6 nitrogen and oxygen atoms in total. The minimum atomic E-state index is -0.796. The van der Waals surface area contributed by atoms with Crippen molar-refractivity contribution < 1.29 is 24.5 Å². The third-order valence-electron chi connectivity index (χ3n) is 12.6. The van der Waals surface area contributed by atoms with Crippen molar-refractivity contribution >= 4 is 11.9 Å². The van der Waals surface area contributed by atoms with E-state index in [0.717, 1.165) is 83.5 Å². The van der Waals surface area contributed by atoms with Crippen LogP contribution >= 0.6 is 0 Å². The second-order valence-corrected chi connectivity index (χ2v) is 19.1. The Hall–Kier alpha value is -2.70. The largest absolute Gasteiger partial charge is 0.462 e. The first-order chi connectivity index (χ1) is 32.5. The number of nitrogens with one attached hydrogen (secondary N) is 1. The molecule has 0 aromatic carbocycles. The molecule has 0 saturated heterocycles. The number of unbranched alkanes of at least 4 members (excludes halogenated alkanes) is 30. The first kappa shape index (κ1) is 63.3. The molecule has 0 saturated carbocycles. The maximum absolute atomic E-state index is 13.3. The number of esters is 1. The summed E-state index contributed by atoms with van der Waals surface area (Å²) >= 11 is 0. The Balaban J connectivity index is 4.64. The maximum atomic E-state index is 13.3. The number of carbonyl (C=O) groups is 2. The van der Waals surface area contributed by atoms with E-state index in [4.69, 9.17) is 4.74 Å². The first-order valence-corrected chi connectivity index (χ1v) is 28.2. The molecule has 3 atom stereocenters. The monoisotopic (exact) mass is 922 g/mol. The van der Waals surface area contributed by atoms with Gasteiger partial charge >= 0.3 is 5.97 Å². The molecule has 0 aliphatic rings. The highest BCUT2D eigenvalue weighted by molar-refractivity contribution is 5.77. The molecule has 0 fully saturated rings. The molecular weight excluding hydrogens is 815 g/mol. The molecule has 66 heavy (non-hydrogen) atoms. The van der Waals surface area contributed by atoms with Gasteiger partial charge in [-0.2, -0.15) is 0 Å². The van der Waals surface area contributed by atoms with Crippen LogP contribution in [0.3, 0.4) is 0 Å². The minimum Gasteiger partial charge on any atom is -0.462 e. The van der Waals surface area contributed by atoms with Gasteiger partial charge in [-0.15, -0.1) is 0 Å². The molecule has 1 amide bonds. The molecule has 0 radical (unpaired) electrons. The summed E-state index contributed by atoms with van der Waals surface area (Å²) in [6, 6.07) is -0.711. The van der Waals surface area contributed by atoms with E-state index in [1.165, 1.54) is 141 Å². The molecule has 382 valence electrons. The Labute approximate surface area is 409 Å². The number of aliphatic hydroxyl groups excluding tert-OH is 2. The van der Waals surface area contributed by atoms with Crippen LogP contribution in [0.25, 0.3) is 0 Å². The lowest BCUT2D eigenvalue weighted by molar-refractivity contribution is -0.151. The molecule has 0 aliphatic heterocycles. The molecule has 0 aliphatic carbocycles. The van der Waals surface area contributed by atoms with E-state index >= 15 is 0 Å². The molecule has 0 rings (SSSR count). The Morgan fingerprint density at radius 1 is 0.439 bits per heavy atom. The van der Waals surface area contributed by atoms with Gasteiger partial charge in [0.2, 0.25) is 5.91 Å². The predicted octanol–water partition coefficient (Wildman–Crippen LogP) is 17.3. The van der Waals surface area contributed by atoms with E-state index < -0.39 is 18.2 Å². The van der Waals surface area contributed by atoms with E-state index in [2.05, 4.69) is 74.7 Å². The van der Waals surface area contributed by atoms with E-state index in [1.54, 1.807) is 0 Å². The van der Waals surface area contributed by atoms with Crippen LogP contribution in [0.5, 0.6) is 0 Å². The van der Waals surface area contributed by atoms with Crippen LogP contribution in [0.4, 0.5) is 0 Å². The number of amides is 1. The number of hydrogen-bond donors (Lipinski definition) is 3. The molecule has 0 aromatic rings. The van der Waals surface area contributed by atoms with E-state index in [-0.39, 0.29) is 24.9 Å². The highest BCUT2D eigenvalue weighted by Crippen LogP contribution is 2.18. The second kappa shape index (κ2) is 53.3. The zero-order chi connectivity index (χ0) is 48.1. The summed E-state index contributed by atoms with van der Waals surface area (Å²) in [5, 5.41) is 23.8. The van der Waals surface area contributed by atoms with Gasteiger partial charge in [-0.3, -0.25) is 9.59 Å². The fourth-order valence-corrected chi connectivity index (χ4v) is 8.34. The van der Waals surface area contributed by atoms with Crippen LogP contribution in [0, 0.1) is 0 Å². The molecule has 0 aromatic heterocycles. The standard InChI is InChI=1S/C60H107NO5/c1-4-7-10-13-16-19-22-25-27-29-31-33-35-38-41-44-47-50-53-60(65)66-56(51-48-45-42-39-36-34-32-30-28-26-23-20-17-14-11-8-5-2)54-59(64)61-57(55-62)58(63)52-49-46-43-40-37-24-21-18-15-12-9-6-3/h10,13,16,19,22,25-29,31,33,56-58,62-63H,4-9,11-12,14-15,17-18,20-21,23-24,30,32,34-55H2,1-3H3,(H,61,64)/b13-10+,19-16+,25-22+,28-26+,29-27+,33-31+. The van der Waals surface area contributed by atoms with Crippen molar-refractivity contribution in [2.45, 2.75) is 289 Å². The van der Waals surface area contributed by atoms with Crippen molar-refractivity contribution in [3.8, 4) is 0 Å². The normalized spacial score (nSPS) is 13.7. The lowest BCUT2D eigenvalue weighted by atomic mass is 10.0. The molecule has 3 unspecified atom stereocenters. The van der Waals surface area contributed by atoms with Gasteiger partial charge in [0.1, 0.15) is 6.10 Å². The number of allylic oxidation sites excluding steroid dienone is 12. The quantitative estimate of drug-likeness (QED) is 0.0244. The summed E-state index contributed by atoms with van der Waals surface area (Å²) in [6.45, 7) is 6.40. The number of aliphatic hydroxyl groups is 2. The van der Waals surface area contributed by atoms with Crippen LogP contribution in [0.15, 0.2) is 72.9 Å². The highest BCUT2D eigenvalue weighted by Gasteiger charge is 2.24. The Kier molecular flexibility index (Phi) is 51.1. The van der Waals surface area contributed by atoms with Crippen molar-refractivity contribution in [3.05, 3.63) is 72.9 Å². The van der Waals surface area contributed by atoms with Gasteiger partial charge in [0.25, 0.3) is 0 Å². The molecule has 0 bridgehead atoms. The van der Waals surface area contributed by atoms with Crippen LogP contribution in [0.2, 0.25) is 0 Å². The third kappa shape index (κ3) is 47.8. The summed E-state index contributed by atoms with van der Waals surface area (Å²) in [7, 11) is 0. The van der Waals surface area contributed by atoms with E-state index in [9.17, 15) is 19.8 Å². The summed E-state index contributed by atoms with van der Waals surface area (Å²) in [5.41, 5.74) is 0. The Bertz CT molecular complexity index is 1220. The Morgan fingerprint density at radius 2 is 0.818 bits per heavy atom. The summed E-state index contributed by atoms with van der Waals surface area (Å²) in [4.78, 5) is 26.3. The fraction of sp³-hybridized carbons (Fsp3) is 0.767. The number of rotatable bonds is 50.